The number of carbonyl (C=O) groups excluding carboxylic acids is 4. The van der Waals surface area contributed by atoms with Crippen molar-refractivity contribution in [2.75, 3.05) is 19.0 Å². The maximum Gasteiger partial charge on any atom is 0.342 e. The number of ether oxygens (including phenoxy) is 2. The molecule has 4 rings (SSSR count). The van der Waals surface area contributed by atoms with Gasteiger partial charge in [0.05, 0.1) is 18.4 Å². The molecule has 2 N–H and O–H groups in total. The first kappa shape index (κ1) is 20.8. The number of esters is 1. The van der Waals surface area contributed by atoms with Crippen molar-refractivity contribution in [3.8, 4) is 11.5 Å². The summed E-state index contributed by atoms with van der Waals surface area (Å²) in [6, 6.07) is 15.3. The van der Waals surface area contributed by atoms with Crippen LogP contribution in [0, 0.1) is 0 Å². The van der Waals surface area contributed by atoms with E-state index in [2.05, 4.69) is 5.32 Å². The molecule has 160 valence electrons. The van der Waals surface area contributed by atoms with Crippen LogP contribution in [0.4, 0.5) is 5.69 Å². The van der Waals surface area contributed by atoms with E-state index in [4.69, 9.17) is 9.47 Å². The Kier molecular flexibility index (Phi) is 5.43. The van der Waals surface area contributed by atoms with Crippen LogP contribution in [0.3, 0.4) is 0 Å². The minimum absolute atomic E-state index is 0.0846. The van der Waals surface area contributed by atoms with E-state index in [-0.39, 0.29) is 45.3 Å². The molecule has 0 radical (unpaired) electrons. The molecule has 0 unspecified atom stereocenters. The highest BCUT2D eigenvalue weighted by atomic mass is 16.5. The molecule has 3 aromatic carbocycles. The van der Waals surface area contributed by atoms with E-state index in [0.717, 1.165) is 0 Å². The standard InChI is InChI=1S/C24H17NO7/c1-31-18-11-5-9-16(22(18)28)24(30)32-12-19(26)25-17-10-4-8-15-20(17)23(29)14-7-3-2-6-13(14)21(15)27/h2-11,28H,12H2,1H3,(H,25,26). The van der Waals surface area contributed by atoms with Crippen molar-refractivity contribution in [2.45, 2.75) is 0 Å². The van der Waals surface area contributed by atoms with Gasteiger partial charge in [-0.3, -0.25) is 14.4 Å². The first-order chi connectivity index (χ1) is 15.4. The number of aromatic hydroxyl groups is 1. The number of ketones is 2. The number of anilines is 1. The van der Waals surface area contributed by atoms with Crippen LogP contribution in [0.15, 0.2) is 60.7 Å². The average Bonchev–Trinajstić information content (AvgIpc) is 2.81. The van der Waals surface area contributed by atoms with E-state index < -0.39 is 24.2 Å². The summed E-state index contributed by atoms with van der Waals surface area (Å²) in [6.45, 7) is -0.669. The van der Waals surface area contributed by atoms with Crippen LogP contribution in [-0.2, 0) is 9.53 Å². The van der Waals surface area contributed by atoms with Crippen molar-refractivity contribution in [3.63, 3.8) is 0 Å². The zero-order valence-corrected chi connectivity index (χ0v) is 16.9. The van der Waals surface area contributed by atoms with Crippen molar-refractivity contribution < 1.29 is 33.8 Å². The minimum atomic E-state index is -0.924. The summed E-state index contributed by atoms with van der Waals surface area (Å²) >= 11 is 0. The minimum Gasteiger partial charge on any atom is -0.504 e. The average molecular weight is 431 g/mol. The maximum atomic E-state index is 13.0. The first-order valence-corrected chi connectivity index (χ1v) is 9.56. The second-order valence-electron chi connectivity index (χ2n) is 6.91. The van der Waals surface area contributed by atoms with E-state index in [1.165, 1.54) is 37.4 Å². The molecule has 0 spiro atoms. The lowest BCUT2D eigenvalue weighted by Gasteiger charge is -2.20. The third kappa shape index (κ3) is 3.58. The molecule has 0 aromatic heterocycles. The summed E-state index contributed by atoms with van der Waals surface area (Å²) in [4.78, 5) is 50.4. The van der Waals surface area contributed by atoms with Gasteiger partial charge in [0.1, 0.15) is 5.56 Å². The molecule has 32 heavy (non-hydrogen) atoms. The van der Waals surface area contributed by atoms with Crippen LogP contribution in [0.5, 0.6) is 11.5 Å². The van der Waals surface area contributed by atoms with Crippen LogP contribution >= 0.6 is 0 Å². The lowest BCUT2D eigenvalue weighted by Crippen LogP contribution is -2.26. The van der Waals surface area contributed by atoms with E-state index in [1.807, 2.05) is 0 Å². The van der Waals surface area contributed by atoms with Crippen LogP contribution < -0.4 is 10.1 Å². The summed E-state index contributed by atoms with van der Waals surface area (Å²) in [5, 5.41) is 12.5. The number of methoxy groups -OCH3 is 1. The number of hydrogen-bond donors (Lipinski definition) is 2. The van der Waals surface area contributed by atoms with Crippen LogP contribution in [-0.4, -0.2) is 42.3 Å². The lowest BCUT2D eigenvalue weighted by molar-refractivity contribution is -0.119. The van der Waals surface area contributed by atoms with Gasteiger partial charge in [-0.1, -0.05) is 42.5 Å². The highest BCUT2D eigenvalue weighted by Gasteiger charge is 2.31. The van der Waals surface area contributed by atoms with E-state index in [1.54, 1.807) is 30.3 Å². The Hall–Kier alpha value is -4.46. The second-order valence-corrected chi connectivity index (χ2v) is 6.91. The Morgan fingerprint density at radius 1 is 0.875 bits per heavy atom. The van der Waals surface area contributed by atoms with Gasteiger partial charge in [-0.2, -0.15) is 0 Å². The summed E-state index contributed by atoms with van der Waals surface area (Å²) in [6.07, 6.45) is 0. The molecule has 1 aliphatic rings. The highest BCUT2D eigenvalue weighted by Crippen LogP contribution is 2.32. The molecule has 1 aliphatic carbocycles. The van der Waals surface area contributed by atoms with Crippen LogP contribution in [0.2, 0.25) is 0 Å². The van der Waals surface area contributed by atoms with Gasteiger partial charge < -0.3 is 19.9 Å². The monoisotopic (exact) mass is 431 g/mol. The first-order valence-electron chi connectivity index (χ1n) is 9.56. The van der Waals surface area contributed by atoms with E-state index in [9.17, 15) is 24.3 Å². The third-order valence-corrected chi connectivity index (χ3v) is 5.00. The smallest absolute Gasteiger partial charge is 0.342 e. The molecule has 8 nitrogen and oxygen atoms in total. The molecule has 1 amide bonds. The molecule has 0 saturated carbocycles. The number of amides is 1. The number of benzene rings is 3. The van der Waals surface area contributed by atoms with Gasteiger partial charge in [-0.25, -0.2) is 4.79 Å². The SMILES string of the molecule is COc1cccc(C(=O)OCC(=O)Nc2cccc3c2C(=O)c2ccccc2C3=O)c1O. The van der Waals surface area contributed by atoms with E-state index in [0.29, 0.717) is 5.56 Å². The van der Waals surface area contributed by atoms with Crippen molar-refractivity contribution in [1.82, 2.24) is 0 Å². The number of fused-ring (bicyclic) bond motifs is 2. The van der Waals surface area contributed by atoms with Crippen LogP contribution in [0.25, 0.3) is 0 Å². The van der Waals surface area contributed by atoms with Crippen molar-refractivity contribution in [1.29, 1.82) is 0 Å². The number of nitrogens with one attached hydrogen (secondary N) is 1. The number of para-hydroxylation sites is 1. The Morgan fingerprint density at radius 3 is 2.25 bits per heavy atom. The molecule has 0 bridgehead atoms. The van der Waals surface area contributed by atoms with Crippen molar-refractivity contribution in [2.24, 2.45) is 0 Å². The molecule has 0 fully saturated rings. The molecular weight excluding hydrogens is 414 g/mol. The molecule has 0 heterocycles. The predicted molar refractivity (Wildman–Crippen MR) is 113 cm³/mol. The fraction of sp³-hybridized carbons (Fsp3) is 0.0833. The van der Waals surface area contributed by atoms with Gasteiger partial charge in [-0.15, -0.1) is 0 Å². The third-order valence-electron chi connectivity index (χ3n) is 5.00. The molecule has 0 atom stereocenters. The summed E-state index contributed by atoms with van der Waals surface area (Å²) in [5.74, 6) is -2.65. The topological polar surface area (TPSA) is 119 Å². The van der Waals surface area contributed by atoms with Gasteiger partial charge in [0.15, 0.2) is 29.7 Å². The normalized spacial score (nSPS) is 11.9. The fourth-order valence-corrected chi connectivity index (χ4v) is 3.50. The van der Waals surface area contributed by atoms with Crippen LogP contribution in [0.1, 0.15) is 42.2 Å². The Balaban J connectivity index is 1.51. The summed E-state index contributed by atoms with van der Waals surface area (Å²) in [5.41, 5.74) is 0.811. The van der Waals surface area contributed by atoms with E-state index >= 15 is 0 Å². The number of rotatable bonds is 5. The maximum absolute atomic E-state index is 13.0. The molecule has 0 aliphatic heterocycles. The Labute approximate surface area is 182 Å². The zero-order valence-electron chi connectivity index (χ0n) is 16.9. The number of hydrogen-bond acceptors (Lipinski definition) is 7. The predicted octanol–water partition coefficient (Wildman–Crippen LogP) is 2.97. The molecule has 8 heteroatoms. The molecule has 0 saturated heterocycles. The van der Waals surface area contributed by atoms with Gasteiger partial charge in [-0.05, 0) is 18.2 Å². The Morgan fingerprint density at radius 2 is 1.53 bits per heavy atom. The summed E-state index contributed by atoms with van der Waals surface area (Å²) in [7, 11) is 1.34. The number of carbonyl (C=O) groups is 4. The van der Waals surface area contributed by atoms with Crippen molar-refractivity contribution in [3.05, 3.63) is 88.5 Å². The highest BCUT2D eigenvalue weighted by molar-refractivity contribution is 6.30. The summed E-state index contributed by atoms with van der Waals surface area (Å²) < 4.78 is 9.91. The molecular formula is C24H17NO7. The quantitative estimate of drug-likeness (QED) is 0.466. The second kappa shape index (κ2) is 8.35. The Bertz CT molecular complexity index is 1280. The van der Waals surface area contributed by atoms with Gasteiger partial charge >= 0.3 is 5.97 Å². The molecule has 3 aromatic rings. The number of phenols is 1. The lowest BCUT2D eigenvalue weighted by atomic mass is 9.83. The van der Waals surface area contributed by atoms with Gasteiger partial charge in [0.2, 0.25) is 0 Å². The zero-order chi connectivity index (χ0) is 22.8. The van der Waals surface area contributed by atoms with Gasteiger partial charge in [0, 0.05) is 16.7 Å². The van der Waals surface area contributed by atoms with Gasteiger partial charge in [0.25, 0.3) is 5.91 Å². The number of phenolic OH excluding ortho intramolecular Hbond substituents is 1. The van der Waals surface area contributed by atoms with Crippen molar-refractivity contribution >= 4 is 29.1 Å². The largest absolute Gasteiger partial charge is 0.504 e. The fourth-order valence-electron chi connectivity index (χ4n) is 3.50.